The molecule has 0 aliphatic carbocycles. The molecule has 0 saturated heterocycles. The van der Waals surface area contributed by atoms with E-state index in [1.54, 1.807) is 6.08 Å². The van der Waals surface area contributed by atoms with Gasteiger partial charge in [0.1, 0.15) is 5.75 Å². The van der Waals surface area contributed by atoms with Gasteiger partial charge in [-0.15, -0.1) is 0 Å². The summed E-state index contributed by atoms with van der Waals surface area (Å²) in [6.07, 6.45) is 3.17. The third-order valence-corrected chi connectivity index (χ3v) is 4.35. The molecular formula is C21H22BrNO4. The number of methoxy groups -OCH3 is 1. The van der Waals surface area contributed by atoms with Gasteiger partial charge in [0.25, 0.3) is 0 Å². The van der Waals surface area contributed by atoms with Crippen molar-refractivity contribution in [2.75, 3.05) is 13.7 Å². The van der Waals surface area contributed by atoms with Gasteiger partial charge in [0.05, 0.1) is 26.2 Å². The fourth-order valence-corrected chi connectivity index (χ4v) is 2.75. The lowest BCUT2D eigenvalue weighted by Gasteiger charge is -2.17. The maximum Gasteiger partial charge on any atom is 0.307 e. The van der Waals surface area contributed by atoms with Crippen molar-refractivity contribution in [2.24, 2.45) is 0 Å². The normalized spacial score (nSPS) is 11.8. The first-order valence-corrected chi connectivity index (χ1v) is 9.35. The van der Waals surface area contributed by atoms with Gasteiger partial charge in [0.2, 0.25) is 5.91 Å². The highest BCUT2D eigenvalue weighted by atomic mass is 79.9. The van der Waals surface area contributed by atoms with Gasteiger partial charge in [0, 0.05) is 16.1 Å². The molecule has 2 aromatic carbocycles. The number of rotatable bonds is 8. The molecule has 1 N–H and O–H groups in total. The Morgan fingerprint density at radius 2 is 1.85 bits per heavy atom. The predicted molar refractivity (Wildman–Crippen MR) is 108 cm³/mol. The number of amides is 1. The summed E-state index contributed by atoms with van der Waals surface area (Å²) < 4.78 is 11.2. The Kier molecular flexibility index (Phi) is 8.07. The SMILES string of the molecule is CCOc1ccccc1/C=C/C(=O)NC(CC(=O)OC)c1ccc(Br)cc1. The van der Waals surface area contributed by atoms with E-state index in [-0.39, 0.29) is 12.3 Å². The van der Waals surface area contributed by atoms with Crippen molar-refractivity contribution in [3.05, 3.63) is 70.2 Å². The van der Waals surface area contributed by atoms with E-state index in [0.29, 0.717) is 12.4 Å². The maximum atomic E-state index is 12.4. The summed E-state index contributed by atoms with van der Waals surface area (Å²) in [5, 5.41) is 2.86. The monoisotopic (exact) mass is 431 g/mol. The molecule has 0 heterocycles. The lowest BCUT2D eigenvalue weighted by atomic mass is 10.0. The fraction of sp³-hybridized carbons (Fsp3) is 0.238. The number of ether oxygens (including phenoxy) is 2. The molecule has 0 radical (unpaired) electrons. The molecule has 1 atom stereocenters. The van der Waals surface area contributed by atoms with Gasteiger partial charge in [-0.3, -0.25) is 9.59 Å². The second-order valence-electron chi connectivity index (χ2n) is 5.70. The molecule has 2 rings (SSSR count). The summed E-state index contributed by atoms with van der Waals surface area (Å²) in [4.78, 5) is 24.1. The molecule has 1 unspecified atom stereocenters. The molecule has 6 heteroatoms. The Bertz CT molecular complexity index is 802. The van der Waals surface area contributed by atoms with Crippen LogP contribution in [-0.2, 0) is 14.3 Å². The first-order chi connectivity index (χ1) is 13.0. The van der Waals surface area contributed by atoms with Crippen molar-refractivity contribution in [3.63, 3.8) is 0 Å². The van der Waals surface area contributed by atoms with Crippen LogP contribution in [0, 0.1) is 0 Å². The predicted octanol–water partition coefficient (Wildman–Crippen LogP) is 4.28. The first kappa shape index (κ1) is 20.7. The van der Waals surface area contributed by atoms with Crippen LogP contribution in [-0.4, -0.2) is 25.6 Å². The molecule has 27 heavy (non-hydrogen) atoms. The van der Waals surface area contributed by atoms with Gasteiger partial charge in [0.15, 0.2) is 0 Å². The molecule has 0 aromatic heterocycles. The van der Waals surface area contributed by atoms with Crippen LogP contribution in [0.3, 0.4) is 0 Å². The molecule has 0 bridgehead atoms. The number of nitrogens with one attached hydrogen (secondary N) is 1. The second kappa shape index (κ2) is 10.5. The highest BCUT2D eigenvalue weighted by molar-refractivity contribution is 9.10. The molecule has 0 saturated carbocycles. The van der Waals surface area contributed by atoms with Gasteiger partial charge in [-0.05, 0) is 36.8 Å². The smallest absolute Gasteiger partial charge is 0.307 e. The quantitative estimate of drug-likeness (QED) is 0.500. The van der Waals surface area contributed by atoms with Crippen LogP contribution < -0.4 is 10.1 Å². The number of esters is 1. The fourth-order valence-electron chi connectivity index (χ4n) is 2.49. The number of para-hydroxylation sites is 1. The van der Waals surface area contributed by atoms with Crippen molar-refractivity contribution >= 4 is 33.9 Å². The Morgan fingerprint density at radius 3 is 2.52 bits per heavy atom. The zero-order chi connectivity index (χ0) is 19.6. The average Bonchev–Trinajstić information content (AvgIpc) is 2.67. The van der Waals surface area contributed by atoms with Crippen molar-refractivity contribution in [3.8, 4) is 5.75 Å². The van der Waals surface area contributed by atoms with E-state index in [1.807, 2.05) is 55.5 Å². The second-order valence-corrected chi connectivity index (χ2v) is 6.61. The lowest BCUT2D eigenvalue weighted by molar-refractivity contribution is -0.141. The number of hydrogen-bond acceptors (Lipinski definition) is 4. The molecule has 142 valence electrons. The van der Waals surface area contributed by atoms with Crippen LogP contribution in [0.5, 0.6) is 5.75 Å². The largest absolute Gasteiger partial charge is 0.493 e. The number of benzene rings is 2. The Hall–Kier alpha value is -2.60. The summed E-state index contributed by atoms with van der Waals surface area (Å²) in [5.74, 6) is 0.00934. The number of hydrogen-bond donors (Lipinski definition) is 1. The number of halogens is 1. The van der Waals surface area contributed by atoms with E-state index < -0.39 is 12.0 Å². The van der Waals surface area contributed by atoms with Gasteiger partial charge >= 0.3 is 5.97 Å². The van der Waals surface area contributed by atoms with Gasteiger partial charge in [-0.2, -0.15) is 0 Å². The summed E-state index contributed by atoms with van der Waals surface area (Å²) in [6, 6.07) is 14.4. The van der Waals surface area contributed by atoms with Crippen molar-refractivity contribution < 1.29 is 19.1 Å². The Labute approximate surface area is 167 Å². The van der Waals surface area contributed by atoms with E-state index in [2.05, 4.69) is 21.2 Å². The van der Waals surface area contributed by atoms with Gasteiger partial charge in [-0.25, -0.2) is 0 Å². The topological polar surface area (TPSA) is 64.6 Å². The molecule has 2 aromatic rings. The highest BCUT2D eigenvalue weighted by Crippen LogP contribution is 2.21. The third kappa shape index (κ3) is 6.57. The lowest BCUT2D eigenvalue weighted by Crippen LogP contribution is -2.29. The van der Waals surface area contributed by atoms with Crippen LogP contribution in [0.15, 0.2) is 59.1 Å². The van der Waals surface area contributed by atoms with Crippen LogP contribution in [0.4, 0.5) is 0 Å². The van der Waals surface area contributed by atoms with Crippen molar-refractivity contribution in [1.82, 2.24) is 5.32 Å². The van der Waals surface area contributed by atoms with Crippen LogP contribution in [0.1, 0.15) is 30.5 Å². The third-order valence-electron chi connectivity index (χ3n) is 3.82. The van der Waals surface area contributed by atoms with Gasteiger partial charge in [-0.1, -0.05) is 46.3 Å². The van der Waals surface area contributed by atoms with Crippen LogP contribution in [0.2, 0.25) is 0 Å². The minimum atomic E-state index is -0.482. The highest BCUT2D eigenvalue weighted by Gasteiger charge is 2.18. The van der Waals surface area contributed by atoms with E-state index in [0.717, 1.165) is 15.6 Å². The standard InChI is InChI=1S/C21H22BrNO4/c1-3-27-19-7-5-4-6-16(19)10-13-20(24)23-18(14-21(25)26-2)15-8-11-17(22)12-9-15/h4-13,18H,3,14H2,1-2H3,(H,23,24)/b13-10+. The minimum absolute atomic E-state index is 0.0489. The van der Waals surface area contributed by atoms with E-state index in [9.17, 15) is 9.59 Å². The molecule has 0 aliphatic heterocycles. The summed E-state index contributed by atoms with van der Waals surface area (Å²) in [6.45, 7) is 2.45. The summed E-state index contributed by atoms with van der Waals surface area (Å²) in [7, 11) is 1.33. The van der Waals surface area contributed by atoms with E-state index in [4.69, 9.17) is 9.47 Å². The average molecular weight is 432 g/mol. The zero-order valence-corrected chi connectivity index (χ0v) is 16.9. The molecule has 5 nitrogen and oxygen atoms in total. The summed E-state index contributed by atoms with van der Waals surface area (Å²) in [5.41, 5.74) is 1.63. The van der Waals surface area contributed by atoms with E-state index >= 15 is 0 Å². The van der Waals surface area contributed by atoms with Crippen molar-refractivity contribution in [2.45, 2.75) is 19.4 Å². The van der Waals surface area contributed by atoms with E-state index in [1.165, 1.54) is 13.2 Å². The molecule has 1 amide bonds. The molecule has 0 aliphatic rings. The molecular weight excluding hydrogens is 410 g/mol. The molecule has 0 fully saturated rings. The Morgan fingerprint density at radius 1 is 1.15 bits per heavy atom. The first-order valence-electron chi connectivity index (χ1n) is 8.56. The minimum Gasteiger partial charge on any atom is -0.493 e. The van der Waals surface area contributed by atoms with Gasteiger partial charge < -0.3 is 14.8 Å². The van der Waals surface area contributed by atoms with Crippen LogP contribution >= 0.6 is 15.9 Å². The Balaban J connectivity index is 2.13. The van der Waals surface area contributed by atoms with Crippen molar-refractivity contribution in [1.29, 1.82) is 0 Å². The van der Waals surface area contributed by atoms with Crippen LogP contribution in [0.25, 0.3) is 6.08 Å². The maximum absolute atomic E-state index is 12.4. The zero-order valence-electron chi connectivity index (χ0n) is 15.3. The number of carbonyl (C=O) groups excluding carboxylic acids is 2. The summed E-state index contributed by atoms with van der Waals surface area (Å²) >= 11 is 3.38. The molecule has 0 spiro atoms. The number of carbonyl (C=O) groups is 2.